The van der Waals surface area contributed by atoms with Crippen LogP contribution in [0, 0.1) is 6.92 Å². The Kier molecular flexibility index (Phi) is 3.46. The molecule has 0 N–H and O–H groups in total. The summed E-state index contributed by atoms with van der Waals surface area (Å²) in [5, 5.41) is 10.1. The number of rotatable bonds is 1. The van der Waals surface area contributed by atoms with Crippen LogP contribution in [-0.2, 0) is 0 Å². The van der Waals surface area contributed by atoms with E-state index in [0.717, 1.165) is 0 Å². The van der Waals surface area contributed by atoms with Gasteiger partial charge >= 0.3 is 0 Å². The number of hydrogen-bond donors (Lipinski definition) is 0. The van der Waals surface area contributed by atoms with Gasteiger partial charge in [-0.2, -0.15) is 5.10 Å². The van der Waals surface area contributed by atoms with Gasteiger partial charge in [0.05, 0.1) is 16.6 Å². The Morgan fingerprint density at radius 3 is 2.60 bits per heavy atom. The van der Waals surface area contributed by atoms with Crippen LogP contribution in [0.5, 0.6) is 0 Å². The minimum Gasteiger partial charge on any atom is -0.231 e. The Hall–Kier alpha value is -1.49. The quantitative estimate of drug-likeness (QED) is 0.624. The van der Waals surface area contributed by atoms with Crippen LogP contribution >= 0.6 is 34.8 Å². The first-order valence-corrected chi connectivity index (χ1v) is 6.80. The van der Waals surface area contributed by atoms with Gasteiger partial charge in [-0.1, -0.05) is 34.8 Å². The molecule has 0 radical (unpaired) electrons. The molecule has 2 heterocycles. The van der Waals surface area contributed by atoms with Gasteiger partial charge in [-0.3, -0.25) is 0 Å². The predicted molar refractivity (Wildman–Crippen MR) is 80.3 cm³/mol. The fourth-order valence-electron chi connectivity index (χ4n) is 1.90. The summed E-state index contributed by atoms with van der Waals surface area (Å²) in [6, 6.07) is 5.16. The highest BCUT2D eigenvalue weighted by Gasteiger charge is 2.14. The van der Waals surface area contributed by atoms with Crippen LogP contribution in [0.4, 0.5) is 0 Å². The van der Waals surface area contributed by atoms with Crippen LogP contribution in [0.25, 0.3) is 22.2 Å². The summed E-state index contributed by atoms with van der Waals surface area (Å²) in [6.45, 7) is 1.76. The lowest BCUT2D eigenvalue weighted by Gasteiger charge is -2.07. The molecule has 0 fully saturated rings. The van der Waals surface area contributed by atoms with Crippen molar-refractivity contribution >= 4 is 45.7 Å². The van der Waals surface area contributed by atoms with Crippen LogP contribution in [0.1, 0.15) is 5.82 Å². The van der Waals surface area contributed by atoms with E-state index < -0.39 is 0 Å². The smallest absolute Gasteiger partial charge is 0.142 e. The summed E-state index contributed by atoms with van der Waals surface area (Å²) in [5.41, 5.74) is 1.86. The maximum atomic E-state index is 6.22. The molecule has 20 heavy (non-hydrogen) atoms. The van der Waals surface area contributed by atoms with E-state index in [4.69, 9.17) is 34.8 Å². The highest BCUT2D eigenvalue weighted by atomic mass is 35.5. The predicted octanol–water partition coefficient (Wildman–Crippen LogP) is 4.36. The maximum Gasteiger partial charge on any atom is 0.142 e. The van der Waals surface area contributed by atoms with E-state index in [9.17, 15) is 0 Å². The van der Waals surface area contributed by atoms with E-state index in [1.165, 1.54) is 6.20 Å². The molecule has 0 amide bonds. The van der Waals surface area contributed by atoms with E-state index in [-0.39, 0.29) is 0 Å². The standard InChI is InChI=1S/C13H7Cl3N4/c1-6-18-11-9(13(16)19-6)5-17-20-12(11)8-3-2-7(14)4-10(8)15/h2-5H,1H3. The number of benzene rings is 1. The summed E-state index contributed by atoms with van der Waals surface area (Å²) < 4.78 is 0. The third-order valence-electron chi connectivity index (χ3n) is 2.77. The summed E-state index contributed by atoms with van der Waals surface area (Å²) >= 11 is 18.2. The van der Waals surface area contributed by atoms with Gasteiger partial charge in [-0.15, -0.1) is 5.10 Å². The Bertz CT molecular complexity index is 820. The lowest BCUT2D eigenvalue weighted by Crippen LogP contribution is -1.97. The first-order chi connectivity index (χ1) is 9.56. The molecule has 0 spiro atoms. The van der Waals surface area contributed by atoms with E-state index in [1.807, 2.05) is 0 Å². The minimum atomic E-state index is 0.341. The SMILES string of the molecule is Cc1nc(Cl)c2cnnc(-c3ccc(Cl)cc3Cl)c2n1. The molecular weight excluding hydrogens is 319 g/mol. The Labute approximate surface area is 129 Å². The van der Waals surface area contributed by atoms with Crippen LogP contribution in [0.15, 0.2) is 24.4 Å². The van der Waals surface area contributed by atoms with Crippen LogP contribution in [0.2, 0.25) is 15.2 Å². The first-order valence-electron chi connectivity index (χ1n) is 5.67. The number of halogens is 3. The Balaban J connectivity index is 2.36. The molecule has 1 aromatic carbocycles. The van der Waals surface area contributed by atoms with Crippen molar-refractivity contribution in [3.63, 3.8) is 0 Å². The molecule has 0 aliphatic heterocycles. The van der Waals surface area contributed by atoms with Gasteiger partial charge in [-0.25, -0.2) is 9.97 Å². The normalized spacial score (nSPS) is 11.0. The van der Waals surface area contributed by atoms with Gasteiger partial charge in [0, 0.05) is 10.6 Å². The molecule has 0 saturated heterocycles. The topological polar surface area (TPSA) is 51.6 Å². The number of hydrogen-bond acceptors (Lipinski definition) is 4. The maximum absolute atomic E-state index is 6.22. The molecule has 0 atom stereocenters. The van der Waals surface area contributed by atoms with Gasteiger partial charge in [0.15, 0.2) is 0 Å². The highest BCUT2D eigenvalue weighted by molar-refractivity contribution is 6.37. The van der Waals surface area contributed by atoms with Crippen molar-refractivity contribution in [2.45, 2.75) is 6.92 Å². The second kappa shape index (κ2) is 5.13. The Morgan fingerprint density at radius 2 is 1.85 bits per heavy atom. The van der Waals surface area contributed by atoms with E-state index in [2.05, 4.69) is 20.2 Å². The van der Waals surface area contributed by atoms with Crippen molar-refractivity contribution in [1.29, 1.82) is 0 Å². The third kappa shape index (κ3) is 2.30. The zero-order chi connectivity index (χ0) is 14.3. The minimum absolute atomic E-state index is 0.341. The van der Waals surface area contributed by atoms with Crippen molar-refractivity contribution in [2.75, 3.05) is 0 Å². The average Bonchev–Trinajstić information content (AvgIpc) is 2.38. The molecular formula is C13H7Cl3N4. The molecule has 0 bridgehead atoms. The zero-order valence-electron chi connectivity index (χ0n) is 10.2. The number of fused-ring (bicyclic) bond motifs is 1. The molecule has 0 saturated carbocycles. The van der Waals surface area contributed by atoms with Crippen LogP contribution in [0.3, 0.4) is 0 Å². The highest BCUT2D eigenvalue weighted by Crippen LogP contribution is 2.33. The van der Waals surface area contributed by atoms with Gasteiger partial charge in [0.1, 0.15) is 22.2 Å². The summed E-state index contributed by atoms with van der Waals surface area (Å²) in [5.74, 6) is 0.557. The molecule has 3 rings (SSSR count). The molecule has 0 aliphatic carbocycles. The van der Waals surface area contributed by atoms with Crippen molar-refractivity contribution in [3.05, 3.63) is 45.4 Å². The van der Waals surface area contributed by atoms with Crippen LogP contribution < -0.4 is 0 Å². The number of aromatic nitrogens is 4. The van der Waals surface area contributed by atoms with Crippen LogP contribution in [-0.4, -0.2) is 20.2 Å². The fourth-order valence-corrected chi connectivity index (χ4v) is 2.66. The van der Waals surface area contributed by atoms with E-state index in [0.29, 0.717) is 43.2 Å². The second-order valence-corrected chi connectivity index (χ2v) is 5.34. The van der Waals surface area contributed by atoms with Gasteiger partial charge in [0.2, 0.25) is 0 Å². The van der Waals surface area contributed by atoms with Gasteiger partial charge < -0.3 is 0 Å². The monoisotopic (exact) mass is 324 g/mol. The van der Waals surface area contributed by atoms with Crippen molar-refractivity contribution in [3.8, 4) is 11.3 Å². The number of nitrogens with zero attached hydrogens (tertiary/aromatic N) is 4. The summed E-state index contributed by atoms with van der Waals surface area (Å²) in [4.78, 5) is 8.49. The van der Waals surface area contributed by atoms with Gasteiger partial charge in [0.25, 0.3) is 0 Å². The van der Waals surface area contributed by atoms with Crippen molar-refractivity contribution < 1.29 is 0 Å². The molecule has 0 aliphatic rings. The molecule has 4 nitrogen and oxygen atoms in total. The molecule has 2 aromatic heterocycles. The van der Waals surface area contributed by atoms with Crippen molar-refractivity contribution in [1.82, 2.24) is 20.2 Å². The van der Waals surface area contributed by atoms with Gasteiger partial charge in [-0.05, 0) is 25.1 Å². The lowest BCUT2D eigenvalue weighted by atomic mass is 10.1. The molecule has 100 valence electrons. The lowest BCUT2D eigenvalue weighted by molar-refractivity contribution is 1.03. The molecule has 7 heteroatoms. The second-order valence-electron chi connectivity index (χ2n) is 4.14. The third-order valence-corrected chi connectivity index (χ3v) is 3.60. The fraction of sp³-hybridized carbons (Fsp3) is 0.0769. The number of aryl methyl sites for hydroxylation is 1. The van der Waals surface area contributed by atoms with E-state index >= 15 is 0 Å². The largest absolute Gasteiger partial charge is 0.231 e. The summed E-state index contributed by atoms with van der Waals surface area (Å²) in [7, 11) is 0. The average molecular weight is 326 g/mol. The summed E-state index contributed by atoms with van der Waals surface area (Å²) in [6.07, 6.45) is 1.53. The zero-order valence-corrected chi connectivity index (χ0v) is 12.5. The van der Waals surface area contributed by atoms with Crippen molar-refractivity contribution in [2.24, 2.45) is 0 Å². The Morgan fingerprint density at radius 1 is 1.05 bits per heavy atom. The molecule has 0 unspecified atom stereocenters. The molecule has 3 aromatic rings. The van der Waals surface area contributed by atoms with E-state index in [1.54, 1.807) is 25.1 Å². The first kappa shape index (κ1) is 13.5.